The highest BCUT2D eigenvalue weighted by molar-refractivity contribution is 5.91. The van der Waals surface area contributed by atoms with E-state index in [0.717, 1.165) is 6.42 Å². The molecule has 0 unspecified atom stereocenters. The molecule has 0 fully saturated rings. The molecule has 0 aromatic heterocycles. The van der Waals surface area contributed by atoms with Crippen LogP contribution >= 0.6 is 0 Å². The maximum absolute atomic E-state index is 11.6. The van der Waals surface area contributed by atoms with Crippen molar-refractivity contribution in [2.75, 3.05) is 20.3 Å². The van der Waals surface area contributed by atoms with Crippen molar-refractivity contribution >= 4 is 5.91 Å². The Morgan fingerprint density at radius 1 is 1.61 bits per heavy atom. The summed E-state index contributed by atoms with van der Waals surface area (Å²) in [6, 6.07) is 0. The number of nitrogens with one attached hydrogen (secondary N) is 1. The van der Waals surface area contributed by atoms with Gasteiger partial charge in [0.05, 0.1) is 0 Å². The van der Waals surface area contributed by atoms with Crippen LogP contribution in [0.25, 0.3) is 0 Å². The summed E-state index contributed by atoms with van der Waals surface area (Å²) in [6.07, 6.45) is 2.95. The van der Waals surface area contributed by atoms with Crippen LogP contribution in [0.3, 0.4) is 0 Å². The van der Waals surface area contributed by atoms with Crippen LogP contribution in [0.15, 0.2) is 11.8 Å². The summed E-state index contributed by atoms with van der Waals surface area (Å²) in [7, 11) is 1.57. The quantitative estimate of drug-likeness (QED) is 0.746. The molecule has 5 nitrogen and oxygen atoms in total. The molecule has 18 heavy (non-hydrogen) atoms. The fourth-order valence-corrected chi connectivity index (χ4v) is 2.16. The van der Waals surface area contributed by atoms with Gasteiger partial charge in [-0.2, -0.15) is 0 Å². The molecular formula is C13H23NO4. The number of hydrogen-bond acceptors (Lipinski definition) is 4. The van der Waals surface area contributed by atoms with Crippen molar-refractivity contribution in [3.8, 4) is 0 Å². The van der Waals surface area contributed by atoms with Crippen LogP contribution in [-0.2, 0) is 14.3 Å². The Hall–Kier alpha value is -1.07. The summed E-state index contributed by atoms with van der Waals surface area (Å²) >= 11 is 0. The minimum absolute atomic E-state index is 0.161. The Labute approximate surface area is 108 Å². The van der Waals surface area contributed by atoms with E-state index < -0.39 is 6.29 Å². The highest BCUT2D eigenvalue weighted by Crippen LogP contribution is 2.32. The number of aliphatic hydroxyl groups is 1. The highest BCUT2D eigenvalue weighted by Gasteiger charge is 2.34. The number of carbonyl (C=O) groups excluding carboxylic acids is 1. The van der Waals surface area contributed by atoms with Crippen molar-refractivity contribution in [2.24, 2.45) is 11.8 Å². The van der Waals surface area contributed by atoms with E-state index in [1.54, 1.807) is 7.05 Å². The van der Waals surface area contributed by atoms with Gasteiger partial charge in [0, 0.05) is 26.2 Å². The molecule has 2 N–H and O–H groups in total. The smallest absolute Gasteiger partial charge is 0.285 e. The molecule has 1 rings (SSSR count). The number of carbonyl (C=O) groups is 1. The molecule has 0 aliphatic carbocycles. The highest BCUT2D eigenvalue weighted by atomic mass is 16.7. The molecule has 1 aliphatic rings. The van der Waals surface area contributed by atoms with Crippen molar-refractivity contribution in [1.82, 2.24) is 5.32 Å². The zero-order valence-corrected chi connectivity index (χ0v) is 11.3. The molecule has 5 heteroatoms. The van der Waals surface area contributed by atoms with Crippen LogP contribution in [0.5, 0.6) is 0 Å². The van der Waals surface area contributed by atoms with Gasteiger partial charge in [0.25, 0.3) is 5.91 Å². The second-order valence-corrected chi connectivity index (χ2v) is 4.44. The third kappa shape index (κ3) is 3.71. The lowest BCUT2D eigenvalue weighted by Gasteiger charge is -2.35. The zero-order valence-electron chi connectivity index (χ0n) is 11.3. The van der Waals surface area contributed by atoms with Gasteiger partial charge in [0.15, 0.2) is 5.76 Å². The molecule has 104 valence electrons. The van der Waals surface area contributed by atoms with Crippen molar-refractivity contribution in [3.05, 3.63) is 11.8 Å². The van der Waals surface area contributed by atoms with Gasteiger partial charge in [-0.25, -0.2) is 0 Å². The standard InChI is InChI=1S/C13H23NO4/c1-4-17-13-10(6-5-7-15)9(2)8-11(18-13)12(16)14-3/h8-10,13,15H,4-7H2,1-3H3,(H,14,16)/t9-,10+,13+/m0/s1. The molecule has 0 saturated carbocycles. The summed E-state index contributed by atoms with van der Waals surface area (Å²) in [5, 5.41) is 11.5. The number of hydrogen-bond donors (Lipinski definition) is 2. The molecule has 0 spiro atoms. The number of aliphatic hydroxyl groups excluding tert-OH is 1. The molecule has 1 aliphatic heterocycles. The zero-order chi connectivity index (χ0) is 13.5. The Morgan fingerprint density at radius 3 is 2.89 bits per heavy atom. The molecule has 0 aromatic rings. The van der Waals surface area contributed by atoms with Gasteiger partial charge in [-0.1, -0.05) is 6.92 Å². The van der Waals surface area contributed by atoms with Gasteiger partial charge in [-0.3, -0.25) is 4.79 Å². The fourth-order valence-electron chi connectivity index (χ4n) is 2.16. The van der Waals surface area contributed by atoms with Crippen molar-refractivity contribution in [3.63, 3.8) is 0 Å². The van der Waals surface area contributed by atoms with Gasteiger partial charge in [0.2, 0.25) is 6.29 Å². The first-order valence-electron chi connectivity index (χ1n) is 6.47. The van der Waals surface area contributed by atoms with E-state index in [4.69, 9.17) is 14.6 Å². The summed E-state index contributed by atoms with van der Waals surface area (Å²) < 4.78 is 11.2. The van der Waals surface area contributed by atoms with E-state index in [2.05, 4.69) is 5.32 Å². The number of allylic oxidation sites excluding steroid dienone is 1. The van der Waals surface area contributed by atoms with Crippen molar-refractivity contribution in [1.29, 1.82) is 0 Å². The maximum atomic E-state index is 11.6. The average molecular weight is 257 g/mol. The first kappa shape index (κ1) is 15.0. The van der Waals surface area contributed by atoms with Gasteiger partial charge >= 0.3 is 0 Å². The Morgan fingerprint density at radius 2 is 2.33 bits per heavy atom. The van der Waals surface area contributed by atoms with Gasteiger partial charge < -0.3 is 19.9 Å². The monoisotopic (exact) mass is 257 g/mol. The van der Waals surface area contributed by atoms with E-state index in [1.165, 1.54) is 0 Å². The SMILES string of the molecule is CCO[C@@H]1OC(C(=O)NC)=C[C@H](C)[C@H]1CCCO. The largest absolute Gasteiger partial charge is 0.459 e. The van der Waals surface area contributed by atoms with Crippen LogP contribution in [0.4, 0.5) is 0 Å². The van der Waals surface area contributed by atoms with Crippen molar-refractivity contribution < 1.29 is 19.4 Å². The summed E-state index contributed by atoms with van der Waals surface area (Å²) in [5.41, 5.74) is 0. The van der Waals surface area contributed by atoms with Crippen LogP contribution in [0, 0.1) is 11.8 Å². The number of amides is 1. The van der Waals surface area contributed by atoms with Gasteiger partial charge in [-0.05, 0) is 31.8 Å². The third-order valence-electron chi connectivity index (χ3n) is 3.16. The molecule has 3 atom stereocenters. The normalized spacial score (nSPS) is 27.3. The minimum atomic E-state index is -0.408. The Kier molecular flexibility index (Phi) is 6.15. The lowest BCUT2D eigenvalue weighted by Crippen LogP contribution is -2.38. The number of likely N-dealkylation sites (N-methyl/N-ethyl adjacent to an activating group) is 1. The fraction of sp³-hybridized carbons (Fsp3) is 0.769. The number of rotatable bonds is 6. The lowest BCUT2D eigenvalue weighted by atomic mass is 9.87. The van der Waals surface area contributed by atoms with E-state index >= 15 is 0 Å². The minimum Gasteiger partial charge on any atom is -0.459 e. The second kappa shape index (κ2) is 7.38. The van der Waals surface area contributed by atoms with Crippen LogP contribution < -0.4 is 5.32 Å². The van der Waals surface area contributed by atoms with Crippen LogP contribution in [0.2, 0.25) is 0 Å². The molecular weight excluding hydrogens is 234 g/mol. The summed E-state index contributed by atoms with van der Waals surface area (Å²) in [6.45, 7) is 4.64. The summed E-state index contributed by atoms with van der Waals surface area (Å²) in [4.78, 5) is 11.6. The van der Waals surface area contributed by atoms with E-state index in [-0.39, 0.29) is 24.3 Å². The first-order chi connectivity index (χ1) is 8.63. The predicted molar refractivity (Wildman–Crippen MR) is 67.6 cm³/mol. The molecule has 0 bridgehead atoms. The van der Waals surface area contributed by atoms with Gasteiger partial charge in [0.1, 0.15) is 0 Å². The molecule has 1 amide bonds. The molecule has 0 aromatic carbocycles. The Balaban J connectivity index is 2.78. The summed E-state index contributed by atoms with van der Waals surface area (Å²) in [5.74, 6) is 0.454. The maximum Gasteiger partial charge on any atom is 0.285 e. The topological polar surface area (TPSA) is 67.8 Å². The van der Waals surface area contributed by atoms with E-state index in [1.807, 2.05) is 19.9 Å². The lowest BCUT2D eigenvalue weighted by molar-refractivity contribution is -0.170. The van der Waals surface area contributed by atoms with E-state index in [0.29, 0.717) is 18.8 Å². The van der Waals surface area contributed by atoms with Gasteiger partial charge in [-0.15, -0.1) is 0 Å². The molecule has 0 saturated heterocycles. The molecule has 1 heterocycles. The number of ether oxygens (including phenoxy) is 2. The van der Waals surface area contributed by atoms with Crippen LogP contribution in [0.1, 0.15) is 26.7 Å². The third-order valence-corrected chi connectivity index (χ3v) is 3.16. The predicted octanol–water partition coefficient (Wildman–Crippen LogP) is 1.03. The Bertz CT molecular complexity index is 303. The molecule has 0 radical (unpaired) electrons. The second-order valence-electron chi connectivity index (χ2n) is 4.44. The van der Waals surface area contributed by atoms with Crippen LogP contribution in [-0.4, -0.2) is 37.6 Å². The van der Waals surface area contributed by atoms with E-state index in [9.17, 15) is 4.79 Å². The first-order valence-corrected chi connectivity index (χ1v) is 6.47. The average Bonchev–Trinajstić information content (AvgIpc) is 2.37. The van der Waals surface area contributed by atoms with Crippen molar-refractivity contribution in [2.45, 2.75) is 33.0 Å².